The second kappa shape index (κ2) is 4.44. The van der Waals surface area contributed by atoms with Crippen molar-refractivity contribution >= 4 is 12.0 Å². The van der Waals surface area contributed by atoms with E-state index < -0.39 is 11.4 Å². The van der Waals surface area contributed by atoms with Crippen molar-refractivity contribution in [1.29, 1.82) is 0 Å². The van der Waals surface area contributed by atoms with Gasteiger partial charge in [0.1, 0.15) is 5.82 Å². The first-order valence-corrected chi connectivity index (χ1v) is 5.36. The monoisotopic (exact) mass is 238 g/mol. The molecule has 17 heavy (non-hydrogen) atoms. The third kappa shape index (κ3) is 2.74. The minimum absolute atomic E-state index is 0.173. The maximum atomic E-state index is 11.4. The highest BCUT2D eigenvalue weighted by molar-refractivity contribution is 5.80. The summed E-state index contributed by atoms with van der Waals surface area (Å²) in [6, 6.07) is -0.381. The molecule has 1 saturated carbocycles. The topological polar surface area (TPSA) is 107 Å². The Labute approximate surface area is 97.6 Å². The fraction of sp³-hybridized carbons (Fsp3) is 0.500. The van der Waals surface area contributed by atoms with E-state index in [-0.39, 0.29) is 12.6 Å². The van der Waals surface area contributed by atoms with Crippen LogP contribution in [-0.2, 0) is 11.3 Å². The molecule has 1 aliphatic rings. The number of carboxylic acids is 1. The Kier molecular flexibility index (Phi) is 2.99. The molecule has 7 heteroatoms. The van der Waals surface area contributed by atoms with Crippen molar-refractivity contribution in [3.8, 4) is 0 Å². The van der Waals surface area contributed by atoms with Gasteiger partial charge in [-0.05, 0) is 12.8 Å². The van der Waals surface area contributed by atoms with E-state index in [1.807, 2.05) is 0 Å². The van der Waals surface area contributed by atoms with Gasteiger partial charge in [-0.25, -0.2) is 9.78 Å². The summed E-state index contributed by atoms with van der Waals surface area (Å²) in [5.74, 6) is -0.191. The van der Waals surface area contributed by atoms with Crippen LogP contribution in [0.5, 0.6) is 0 Å². The van der Waals surface area contributed by atoms with Gasteiger partial charge >= 0.3 is 12.0 Å². The third-order valence-corrected chi connectivity index (χ3v) is 2.87. The van der Waals surface area contributed by atoms with Crippen LogP contribution in [0.25, 0.3) is 0 Å². The lowest BCUT2D eigenvalue weighted by Crippen LogP contribution is -2.40. The van der Waals surface area contributed by atoms with Crippen LogP contribution in [-0.4, -0.2) is 33.6 Å². The number of imidazole rings is 1. The summed E-state index contributed by atoms with van der Waals surface area (Å²) in [5, 5.41) is 14.1. The first-order valence-electron chi connectivity index (χ1n) is 5.36. The number of aromatic nitrogens is 2. The van der Waals surface area contributed by atoms with Crippen molar-refractivity contribution in [2.24, 2.45) is 5.41 Å². The molecule has 1 aromatic rings. The number of carboxylic acid groups (broad SMARTS) is 1. The van der Waals surface area contributed by atoms with Gasteiger partial charge in [-0.3, -0.25) is 4.79 Å². The van der Waals surface area contributed by atoms with Crippen LogP contribution >= 0.6 is 0 Å². The summed E-state index contributed by atoms with van der Waals surface area (Å²) in [5.41, 5.74) is -0.734. The van der Waals surface area contributed by atoms with Gasteiger partial charge in [0.15, 0.2) is 0 Å². The fourth-order valence-electron chi connectivity index (χ4n) is 1.49. The average molecular weight is 238 g/mol. The van der Waals surface area contributed by atoms with E-state index in [4.69, 9.17) is 5.11 Å². The largest absolute Gasteiger partial charge is 0.481 e. The average Bonchev–Trinajstić information content (AvgIpc) is 2.93. The van der Waals surface area contributed by atoms with E-state index in [9.17, 15) is 9.59 Å². The summed E-state index contributed by atoms with van der Waals surface area (Å²) >= 11 is 0. The normalized spacial score (nSPS) is 16.2. The van der Waals surface area contributed by atoms with Crippen molar-refractivity contribution in [1.82, 2.24) is 20.6 Å². The lowest BCUT2D eigenvalue weighted by molar-refractivity contribution is -0.143. The van der Waals surface area contributed by atoms with Crippen LogP contribution in [0.2, 0.25) is 0 Å². The number of hydrogen-bond acceptors (Lipinski definition) is 3. The first-order chi connectivity index (χ1) is 8.12. The summed E-state index contributed by atoms with van der Waals surface area (Å²) in [6.45, 7) is 0.464. The maximum absolute atomic E-state index is 11.4. The predicted octanol–water partition coefficient (Wildman–Crippen LogP) is 0.0737. The van der Waals surface area contributed by atoms with Crippen LogP contribution in [0.15, 0.2) is 12.4 Å². The van der Waals surface area contributed by atoms with E-state index in [2.05, 4.69) is 20.6 Å². The van der Waals surface area contributed by atoms with Gasteiger partial charge in [-0.1, -0.05) is 0 Å². The van der Waals surface area contributed by atoms with Crippen molar-refractivity contribution in [3.63, 3.8) is 0 Å². The Balaban J connectivity index is 1.70. The van der Waals surface area contributed by atoms with Crippen LogP contribution in [0.4, 0.5) is 4.79 Å². The second-order valence-corrected chi connectivity index (χ2v) is 4.16. The number of aromatic amines is 1. The highest BCUT2D eigenvalue weighted by atomic mass is 16.4. The minimum atomic E-state index is -0.844. The van der Waals surface area contributed by atoms with Gasteiger partial charge in [0.2, 0.25) is 0 Å². The molecule has 0 saturated heterocycles. The van der Waals surface area contributed by atoms with Gasteiger partial charge in [-0.2, -0.15) is 0 Å². The van der Waals surface area contributed by atoms with E-state index >= 15 is 0 Å². The van der Waals surface area contributed by atoms with Crippen LogP contribution in [0.1, 0.15) is 18.7 Å². The van der Waals surface area contributed by atoms with E-state index in [0.29, 0.717) is 25.2 Å². The summed E-state index contributed by atoms with van der Waals surface area (Å²) < 4.78 is 0. The Morgan fingerprint density at radius 2 is 2.24 bits per heavy atom. The third-order valence-electron chi connectivity index (χ3n) is 2.87. The molecule has 0 aromatic carbocycles. The molecule has 2 rings (SSSR count). The number of urea groups is 1. The standard InChI is InChI=1S/C10H14N4O3/c15-8(16)10(1-2-10)6-14-9(17)13-5-7-11-3-4-12-7/h3-4H,1-2,5-6H2,(H,11,12)(H,15,16)(H2,13,14,17). The highest BCUT2D eigenvalue weighted by Crippen LogP contribution is 2.45. The SMILES string of the molecule is O=C(NCc1ncc[nH]1)NCC1(C(=O)O)CC1. The van der Waals surface area contributed by atoms with Gasteiger partial charge in [0.25, 0.3) is 0 Å². The Hall–Kier alpha value is -2.05. The van der Waals surface area contributed by atoms with Crippen LogP contribution in [0, 0.1) is 5.41 Å². The number of hydrogen-bond donors (Lipinski definition) is 4. The van der Waals surface area contributed by atoms with Crippen molar-refractivity contribution in [3.05, 3.63) is 18.2 Å². The molecule has 0 aliphatic heterocycles. The quantitative estimate of drug-likeness (QED) is 0.582. The van der Waals surface area contributed by atoms with E-state index in [1.165, 1.54) is 0 Å². The number of rotatable bonds is 5. The van der Waals surface area contributed by atoms with Crippen LogP contribution < -0.4 is 10.6 Å². The van der Waals surface area contributed by atoms with Gasteiger partial charge in [0.05, 0.1) is 12.0 Å². The lowest BCUT2D eigenvalue weighted by atomic mass is 10.1. The molecule has 1 heterocycles. The molecule has 0 radical (unpaired) electrons. The summed E-state index contributed by atoms with van der Waals surface area (Å²) in [7, 11) is 0. The van der Waals surface area contributed by atoms with Crippen molar-refractivity contribution < 1.29 is 14.7 Å². The number of aliphatic carboxylic acids is 1. The number of carbonyl (C=O) groups is 2. The van der Waals surface area contributed by atoms with Gasteiger partial charge < -0.3 is 20.7 Å². The van der Waals surface area contributed by atoms with Crippen molar-refractivity contribution in [2.75, 3.05) is 6.54 Å². The zero-order valence-corrected chi connectivity index (χ0v) is 9.19. The minimum Gasteiger partial charge on any atom is -0.481 e. The zero-order valence-electron chi connectivity index (χ0n) is 9.19. The number of amides is 2. The highest BCUT2D eigenvalue weighted by Gasteiger charge is 2.50. The molecule has 0 atom stereocenters. The molecule has 0 bridgehead atoms. The van der Waals surface area contributed by atoms with Gasteiger partial charge in [0, 0.05) is 18.9 Å². The molecule has 7 nitrogen and oxygen atoms in total. The van der Waals surface area contributed by atoms with Gasteiger partial charge in [-0.15, -0.1) is 0 Å². The molecule has 92 valence electrons. The predicted molar refractivity (Wildman–Crippen MR) is 58.1 cm³/mol. The smallest absolute Gasteiger partial charge is 0.315 e. The molecule has 4 N–H and O–H groups in total. The van der Waals surface area contributed by atoms with Crippen LogP contribution in [0.3, 0.4) is 0 Å². The molecule has 1 fully saturated rings. The molecule has 1 aliphatic carbocycles. The zero-order chi connectivity index (χ0) is 12.3. The summed E-state index contributed by atoms with van der Waals surface area (Å²) in [6.07, 6.45) is 4.51. The Morgan fingerprint density at radius 3 is 2.76 bits per heavy atom. The number of nitrogens with zero attached hydrogens (tertiary/aromatic N) is 1. The maximum Gasteiger partial charge on any atom is 0.315 e. The van der Waals surface area contributed by atoms with Crippen molar-refractivity contribution in [2.45, 2.75) is 19.4 Å². The molecule has 1 aromatic heterocycles. The second-order valence-electron chi connectivity index (χ2n) is 4.16. The summed E-state index contributed by atoms with van der Waals surface area (Å²) in [4.78, 5) is 29.0. The number of carbonyl (C=O) groups excluding carboxylic acids is 1. The first kappa shape index (κ1) is 11.4. The Morgan fingerprint density at radius 1 is 1.47 bits per heavy atom. The number of H-pyrrole nitrogens is 1. The molecule has 2 amide bonds. The molecule has 0 spiro atoms. The number of nitrogens with one attached hydrogen (secondary N) is 3. The molecular formula is C10H14N4O3. The Bertz CT molecular complexity index is 411. The van der Waals surface area contributed by atoms with E-state index in [1.54, 1.807) is 12.4 Å². The molecular weight excluding hydrogens is 224 g/mol. The lowest BCUT2D eigenvalue weighted by Gasteiger charge is -2.11. The fourth-order valence-corrected chi connectivity index (χ4v) is 1.49. The molecule has 0 unspecified atom stereocenters. The van der Waals surface area contributed by atoms with E-state index in [0.717, 1.165) is 0 Å².